The molecule has 1 aliphatic carbocycles. The van der Waals surface area contributed by atoms with Gasteiger partial charge in [-0.2, -0.15) is 0 Å². The van der Waals surface area contributed by atoms with Crippen molar-refractivity contribution < 1.29 is 4.79 Å². The standard InChI is InChI=1S/C27H18N4OS/c1-15-25(33-26(29-15)17-11-6-3-7-12-17)19-14-8-13-18-20(19)23-21(24(18)32)22(30-27(28)31-23)16-9-4-2-5-10-16/h2-14H,1H3,(H2,28,30,31). The number of rotatable bonds is 3. The molecule has 0 amide bonds. The monoisotopic (exact) mass is 446 g/mol. The van der Waals surface area contributed by atoms with Gasteiger partial charge in [0, 0.05) is 27.8 Å². The lowest BCUT2D eigenvalue weighted by atomic mass is 10.0. The number of fused-ring (bicyclic) bond motifs is 3. The number of nitrogen functional groups attached to an aromatic ring is 1. The molecule has 0 atom stereocenters. The number of carbonyl (C=O) groups excluding carboxylic acids is 1. The van der Waals surface area contributed by atoms with E-state index in [-0.39, 0.29) is 11.7 Å². The normalized spacial score (nSPS) is 12.0. The number of thiazole rings is 1. The zero-order valence-electron chi connectivity index (χ0n) is 17.7. The van der Waals surface area contributed by atoms with Gasteiger partial charge < -0.3 is 5.73 Å². The lowest BCUT2D eigenvalue weighted by Gasteiger charge is -2.09. The molecule has 0 fully saturated rings. The van der Waals surface area contributed by atoms with Crippen molar-refractivity contribution in [1.29, 1.82) is 0 Å². The van der Waals surface area contributed by atoms with Gasteiger partial charge in [0.25, 0.3) is 0 Å². The molecule has 2 heterocycles. The van der Waals surface area contributed by atoms with E-state index in [0.29, 0.717) is 22.5 Å². The van der Waals surface area contributed by atoms with E-state index in [1.807, 2.05) is 73.7 Å². The molecule has 6 heteroatoms. The number of hydrogen-bond acceptors (Lipinski definition) is 6. The van der Waals surface area contributed by atoms with Gasteiger partial charge in [0.2, 0.25) is 5.95 Å². The summed E-state index contributed by atoms with van der Waals surface area (Å²) in [5.74, 6) is 0.0696. The van der Waals surface area contributed by atoms with Crippen molar-refractivity contribution >= 4 is 23.1 Å². The van der Waals surface area contributed by atoms with E-state index < -0.39 is 0 Å². The summed E-state index contributed by atoms with van der Waals surface area (Å²) >= 11 is 1.62. The molecule has 158 valence electrons. The van der Waals surface area contributed by atoms with Crippen LogP contribution < -0.4 is 5.73 Å². The number of nitrogens with zero attached hydrogens (tertiary/aromatic N) is 3. The lowest BCUT2D eigenvalue weighted by Crippen LogP contribution is -2.05. The highest BCUT2D eigenvalue weighted by Gasteiger charge is 2.35. The minimum absolute atomic E-state index is 0.0776. The Morgan fingerprint density at radius 3 is 2.06 bits per heavy atom. The maximum absolute atomic E-state index is 13.6. The Morgan fingerprint density at radius 2 is 1.33 bits per heavy atom. The van der Waals surface area contributed by atoms with Gasteiger partial charge in [-0.05, 0) is 6.92 Å². The van der Waals surface area contributed by atoms with Crippen LogP contribution in [0.4, 0.5) is 5.95 Å². The van der Waals surface area contributed by atoms with Crippen molar-refractivity contribution in [3.05, 3.63) is 95.7 Å². The quantitative estimate of drug-likeness (QED) is 0.359. The Kier molecular flexibility index (Phi) is 4.41. The lowest BCUT2D eigenvalue weighted by molar-refractivity contribution is 0.104. The Hall–Kier alpha value is -4.16. The molecule has 5 aromatic rings. The Balaban J connectivity index is 1.59. The summed E-state index contributed by atoms with van der Waals surface area (Å²) in [5, 5.41) is 0.942. The van der Waals surface area contributed by atoms with Gasteiger partial charge in [0.1, 0.15) is 5.01 Å². The molecule has 0 bridgehead atoms. The first-order valence-electron chi connectivity index (χ1n) is 10.6. The van der Waals surface area contributed by atoms with Gasteiger partial charge in [0.15, 0.2) is 5.78 Å². The van der Waals surface area contributed by atoms with Gasteiger partial charge in [-0.25, -0.2) is 15.0 Å². The molecule has 0 aliphatic heterocycles. The number of carbonyl (C=O) groups is 1. The van der Waals surface area contributed by atoms with Crippen LogP contribution in [0.25, 0.3) is 43.5 Å². The fraction of sp³-hybridized carbons (Fsp3) is 0.0370. The number of aryl methyl sites for hydroxylation is 1. The second kappa shape index (κ2) is 7.46. The van der Waals surface area contributed by atoms with Crippen LogP contribution in [0.3, 0.4) is 0 Å². The molecule has 3 aromatic carbocycles. The third kappa shape index (κ3) is 3.07. The van der Waals surface area contributed by atoms with Crippen LogP contribution in [-0.2, 0) is 0 Å². The SMILES string of the molecule is Cc1nc(-c2ccccc2)sc1-c1cccc2c1-c1nc(N)nc(-c3ccccc3)c1C2=O. The highest BCUT2D eigenvalue weighted by molar-refractivity contribution is 7.18. The first kappa shape index (κ1) is 19.5. The van der Waals surface area contributed by atoms with Gasteiger partial charge in [-0.15, -0.1) is 11.3 Å². The van der Waals surface area contributed by atoms with Crippen molar-refractivity contribution in [1.82, 2.24) is 15.0 Å². The maximum Gasteiger partial charge on any atom is 0.221 e. The maximum atomic E-state index is 13.6. The molecule has 0 saturated carbocycles. The summed E-state index contributed by atoms with van der Waals surface area (Å²) in [4.78, 5) is 28.4. The Morgan fingerprint density at radius 1 is 0.697 bits per heavy atom. The van der Waals surface area contributed by atoms with Crippen LogP contribution >= 0.6 is 11.3 Å². The average Bonchev–Trinajstić information content (AvgIpc) is 3.37. The number of anilines is 1. The van der Waals surface area contributed by atoms with Crippen molar-refractivity contribution in [2.75, 3.05) is 5.73 Å². The van der Waals surface area contributed by atoms with Gasteiger partial charge in [0.05, 0.1) is 27.5 Å². The number of ketones is 1. The largest absolute Gasteiger partial charge is 0.368 e. The number of aromatic nitrogens is 3. The molecule has 5 nitrogen and oxygen atoms in total. The van der Waals surface area contributed by atoms with Crippen LogP contribution in [0.2, 0.25) is 0 Å². The molecule has 0 spiro atoms. The van der Waals surface area contributed by atoms with E-state index in [1.54, 1.807) is 11.3 Å². The fourth-order valence-corrected chi connectivity index (χ4v) is 5.45. The summed E-state index contributed by atoms with van der Waals surface area (Å²) in [6.45, 7) is 2.00. The molecule has 1 aliphatic rings. The van der Waals surface area contributed by atoms with Gasteiger partial charge >= 0.3 is 0 Å². The van der Waals surface area contributed by atoms with E-state index in [9.17, 15) is 4.79 Å². The Bertz CT molecular complexity index is 1540. The molecule has 0 saturated heterocycles. The first-order chi connectivity index (χ1) is 16.1. The van der Waals surface area contributed by atoms with Crippen molar-refractivity contribution in [3.63, 3.8) is 0 Å². The molecular formula is C27H18N4OS. The minimum atomic E-state index is -0.0776. The third-order valence-electron chi connectivity index (χ3n) is 5.81. The van der Waals surface area contributed by atoms with Crippen LogP contribution in [-0.4, -0.2) is 20.7 Å². The van der Waals surface area contributed by atoms with Gasteiger partial charge in [-0.1, -0.05) is 78.9 Å². The smallest absolute Gasteiger partial charge is 0.221 e. The van der Waals surface area contributed by atoms with E-state index in [4.69, 9.17) is 10.7 Å². The minimum Gasteiger partial charge on any atom is -0.368 e. The summed E-state index contributed by atoms with van der Waals surface area (Å²) < 4.78 is 0. The fourth-order valence-electron chi connectivity index (χ4n) is 4.35. The van der Waals surface area contributed by atoms with Crippen molar-refractivity contribution in [2.24, 2.45) is 0 Å². The second-order valence-electron chi connectivity index (χ2n) is 7.88. The Labute approximate surface area is 194 Å². The molecule has 2 N–H and O–H groups in total. The van der Waals surface area contributed by atoms with E-state index in [0.717, 1.165) is 37.8 Å². The highest BCUT2D eigenvalue weighted by atomic mass is 32.1. The number of hydrogen-bond donors (Lipinski definition) is 1. The zero-order valence-corrected chi connectivity index (χ0v) is 18.6. The number of nitrogens with two attached hydrogens (primary N) is 1. The van der Waals surface area contributed by atoms with Crippen molar-refractivity contribution in [3.8, 4) is 43.5 Å². The molecule has 0 radical (unpaired) electrons. The molecule has 0 unspecified atom stereocenters. The summed E-state index contributed by atoms with van der Waals surface area (Å²) in [6, 6.07) is 25.5. The molecule has 33 heavy (non-hydrogen) atoms. The summed E-state index contributed by atoms with van der Waals surface area (Å²) in [7, 11) is 0. The highest BCUT2D eigenvalue weighted by Crippen LogP contribution is 2.47. The topological polar surface area (TPSA) is 81.8 Å². The average molecular weight is 447 g/mol. The van der Waals surface area contributed by atoms with E-state index in [1.165, 1.54) is 0 Å². The van der Waals surface area contributed by atoms with Gasteiger partial charge in [-0.3, -0.25) is 4.79 Å². The number of benzene rings is 3. The molecule has 6 rings (SSSR count). The van der Waals surface area contributed by atoms with Crippen molar-refractivity contribution in [2.45, 2.75) is 6.92 Å². The second-order valence-corrected chi connectivity index (χ2v) is 8.88. The zero-order chi connectivity index (χ0) is 22.5. The third-order valence-corrected chi connectivity index (χ3v) is 7.05. The first-order valence-corrected chi connectivity index (χ1v) is 11.4. The van der Waals surface area contributed by atoms with Crippen LogP contribution in [0.15, 0.2) is 78.9 Å². The summed E-state index contributed by atoms with van der Waals surface area (Å²) in [5.41, 5.74) is 13.0. The summed E-state index contributed by atoms with van der Waals surface area (Å²) in [6.07, 6.45) is 0. The predicted molar refractivity (Wildman–Crippen MR) is 132 cm³/mol. The van der Waals surface area contributed by atoms with E-state index >= 15 is 0 Å². The van der Waals surface area contributed by atoms with Crippen LogP contribution in [0, 0.1) is 6.92 Å². The molecule has 2 aromatic heterocycles. The predicted octanol–water partition coefficient (Wildman–Crippen LogP) is 6.04. The molecular weight excluding hydrogens is 428 g/mol. The van der Waals surface area contributed by atoms with E-state index in [2.05, 4.69) is 22.1 Å². The van der Waals surface area contributed by atoms with Crippen LogP contribution in [0.5, 0.6) is 0 Å². The van der Waals surface area contributed by atoms with Crippen LogP contribution in [0.1, 0.15) is 21.6 Å².